The third-order valence-electron chi connectivity index (χ3n) is 4.53. The molecule has 3 aromatic rings. The molecule has 0 fully saturated rings. The normalized spacial score (nSPS) is 10.7. The summed E-state index contributed by atoms with van der Waals surface area (Å²) < 4.78 is 0. The molecular weight excluding hydrogens is 376 g/mol. The van der Waals surface area contributed by atoms with Crippen molar-refractivity contribution in [1.82, 2.24) is 4.98 Å². The summed E-state index contributed by atoms with van der Waals surface area (Å²) in [6, 6.07) is 19.3. The first kappa shape index (κ1) is 20.7. The zero-order valence-electron chi connectivity index (χ0n) is 17.1. The van der Waals surface area contributed by atoms with Gasteiger partial charge in [0.1, 0.15) is 11.8 Å². The summed E-state index contributed by atoms with van der Waals surface area (Å²) in [4.78, 5) is 29.5. The van der Waals surface area contributed by atoms with Gasteiger partial charge in [-0.15, -0.1) is 0 Å². The second kappa shape index (κ2) is 8.58. The highest BCUT2D eigenvalue weighted by Crippen LogP contribution is 2.29. The molecule has 0 atom stereocenters. The fraction of sp³-hybridized carbons (Fsp3) is 0.167. The Balaban J connectivity index is 1.81. The van der Waals surface area contributed by atoms with Crippen LogP contribution in [0.1, 0.15) is 52.7 Å². The molecule has 6 heteroatoms. The summed E-state index contributed by atoms with van der Waals surface area (Å²) in [6.07, 6.45) is 1.41. The molecule has 0 aliphatic rings. The van der Waals surface area contributed by atoms with Crippen molar-refractivity contribution < 1.29 is 9.59 Å². The fourth-order valence-electron chi connectivity index (χ4n) is 3.01. The maximum atomic E-state index is 12.8. The predicted octanol–water partition coefficient (Wildman–Crippen LogP) is 4.76. The minimum atomic E-state index is -0.427. The lowest BCUT2D eigenvalue weighted by Crippen LogP contribution is -2.20. The number of carbonyl (C=O) groups excluding carboxylic acids is 2. The smallest absolute Gasteiger partial charge is 0.274 e. The van der Waals surface area contributed by atoms with Gasteiger partial charge in [0.25, 0.3) is 11.8 Å². The Bertz CT molecular complexity index is 1140. The largest absolute Gasteiger partial charge is 0.321 e. The van der Waals surface area contributed by atoms with Gasteiger partial charge in [0.05, 0.1) is 11.3 Å². The number of aromatic nitrogens is 1. The Hall–Kier alpha value is -3.98. The van der Waals surface area contributed by atoms with Crippen LogP contribution in [0.4, 0.5) is 11.4 Å². The number of anilines is 2. The van der Waals surface area contributed by atoms with E-state index in [1.807, 2.05) is 30.3 Å². The first-order valence-electron chi connectivity index (χ1n) is 9.47. The van der Waals surface area contributed by atoms with Crippen LogP contribution in [0.25, 0.3) is 0 Å². The zero-order valence-corrected chi connectivity index (χ0v) is 17.1. The lowest BCUT2D eigenvalue weighted by molar-refractivity contribution is 0.102. The van der Waals surface area contributed by atoms with Gasteiger partial charge in [-0.3, -0.25) is 14.6 Å². The van der Waals surface area contributed by atoms with E-state index in [1.54, 1.807) is 24.3 Å². The Kier molecular flexibility index (Phi) is 5.93. The second-order valence-corrected chi connectivity index (χ2v) is 7.79. The maximum Gasteiger partial charge on any atom is 0.274 e. The van der Waals surface area contributed by atoms with E-state index in [9.17, 15) is 14.9 Å². The first-order chi connectivity index (χ1) is 14.3. The van der Waals surface area contributed by atoms with E-state index in [0.717, 1.165) is 5.56 Å². The molecule has 0 radical (unpaired) electrons. The zero-order chi connectivity index (χ0) is 21.7. The molecule has 1 heterocycles. The van der Waals surface area contributed by atoms with Crippen molar-refractivity contribution >= 4 is 23.2 Å². The molecule has 0 aliphatic heterocycles. The SMILES string of the molecule is CC(C)(C)c1ccccc1NC(=O)c1cc(C(=O)Nc2ccccc2C#N)ccn1. The van der Waals surface area contributed by atoms with E-state index in [0.29, 0.717) is 16.9 Å². The standard InChI is InChI=1S/C24H22N4O2/c1-24(2,3)18-9-5-7-11-20(18)28-23(30)21-14-16(12-13-26-21)22(29)27-19-10-6-4-8-17(19)15-25/h4-14H,1-3H3,(H,27,29)(H,28,30). The first-order valence-corrected chi connectivity index (χ1v) is 9.47. The topological polar surface area (TPSA) is 94.9 Å². The summed E-state index contributed by atoms with van der Waals surface area (Å²) in [5.41, 5.74) is 2.72. The molecule has 2 amide bonds. The van der Waals surface area contributed by atoms with Crippen molar-refractivity contribution in [2.24, 2.45) is 0 Å². The summed E-state index contributed by atoms with van der Waals surface area (Å²) in [5.74, 6) is -0.831. The van der Waals surface area contributed by atoms with Gasteiger partial charge >= 0.3 is 0 Å². The van der Waals surface area contributed by atoms with Crippen LogP contribution in [-0.4, -0.2) is 16.8 Å². The highest BCUT2D eigenvalue weighted by atomic mass is 16.2. The lowest BCUT2D eigenvalue weighted by atomic mass is 9.86. The van der Waals surface area contributed by atoms with Crippen molar-refractivity contribution in [3.05, 3.63) is 89.2 Å². The van der Waals surface area contributed by atoms with Crippen molar-refractivity contribution in [1.29, 1.82) is 5.26 Å². The van der Waals surface area contributed by atoms with Crippen LogP contribution >= 0.6 is 0 Å². The van der Waals surface area contributed by atoms with Crippen molar-refractivity contribution in [2.45, 2.75) is 26.2 Å². The maximum absolute atomic E-state index is 12.8. The Labute approximate surface area is 175 Å². The Morgan fingerprint density at radius 1 is 0.900 bits per heavy atom. The van der Waals surface area contributed by atoms with E-state index in [4.69, 9.17) is 0 Å². The van der Waals surface area contributed by atoms with E-state index in [2.05, 4.69) is 36.4 Å². The average Bonchev–Trinajstić information content (AvgIpc) is 2.74. The highest BCUT2D eigenvalue weighted by Gasteiger charge is 2.20. The van der Waals surface area contributed by atoms with Crippen molar-refractivity contribution in [2.75, 3.05) is 10.6 Å². The average molecular weight is 398 g/mol. The van der Waals surface area contributed by atoms with Crippen LogP contribution in [0.15, 0.2) is 66.9 Å². The fourth-order valence-corrected chi connectivity index (χ4v) is 3.01. The van der Waals surface area contributed by atoms with Gasteiger partial charge in [-0.2, -0.15) is 5.26 Å². The molecule has 30 heavy (non-hydrogen) atoms. The van der Waals surface area contributed by atoms with E-state index < -0.39 is 11.8 Å². The van der Waals surface area contributed by atoms with Gasteiger partial charge in [-0.1, -0.05) is 51.1 Å². The Morgan fingerprint density at radius 2 is 1.53 bits per heavy atom. The van der Waals surface area contributed by atoms with Crippen LogP contribution in [0.3, 0.4) is 0 Å². The predicted molar refractivity (Wildman–Crippen MR) is 116 cm³/mol. The lowest BCUT2D eigenvalue weighted by Gasteiger charge is -2.22. The molecule has 0 unspecified atom stereocenters. The number of para-hydroxylation sites is 2. The van der Waals surface area contributed by atoms with Gasteiger partial charge in [-0.05, 0) is 41.3 Å². The van der Waals surface area contributed by atoms with E-state index in [-0.39, 0.29) is 16.7 Å². The number of benzene rings is 2. The molecule has 0 aliphatic carbocycles. The molecule has 2 N–H and O–H groups in total. The summed E-state index contributed by atoms with van der Waals surface area (Å²) in [6.45, 7) is 6.21. The number of amides is 2. The quantitative estimate of drug-likeness (QED) is 0.663. The number of nitrogens with zero attached hydrogens (tertiary/aromatic N) is 2. The van der Waals surface area contributed by atoms with Gasteiger partial charge in [0.15, 0.2) is 0 Å². The number of pyridine rings is 1. The number of nitrogens with one attached hydrogen (secondary N) is 2. The molecule has 0 spiro atoms. The third kappa shape index (κ3) is 4.70. The number of hydrogen-bond donors (Lipinski definition) is 2. The van der Waals surface area contributed by atoms with Crippen LogP contribution in [0.2, 0.25) is 0 Å². The van der Waals surface area contributed by atoms with E-state index >= 15 is 0 Å². The highest BCUT2D eigenvalue weighted by molar-refractivity contribution is 6.08. The van der Waals surface area contributed by atoms with Crippen LogP contribution in [0.5, 0.6) is 0 Å². The number of rotatable bonds is 4. The molecule has 150 valence electrons. The summed E-state index contributed by atoms with van der Waals surface area (Å²) >= 11 is 0. The van der Waals surface area contributed by atoms with Crippen LogP contribution in [0, 0.1) is 11.3 Å². The third-order valence-corrected chi connectivity index (χ3v) is 4.53. The molecule has 6 nitrogen and oxygen atoms in total. The van der Waals surface area contributed by atoms with Crippen LogP contribution in [-0.2, 0) is 5.41 Å². The molecule has 2 aromatic carbocycles. The number of nitriles is 1. The molecule has 3 rings (SSSR count). The van der Waals surface area contributed by atoms with Crippen molar-refractivity contribution in [3.63, 3.8) is 0 Å². The van der Waals surface area contributed by atoms with Gasteiger partial charge in [0.2, 0.25) is 0 Å². The number of hydrogen-bond acceptors (Lipinski definition) is 4. The second-order valence-electron chi connectivity index (χ2n) is 7.79. The van der Waals surface area contributed by atoms with Gasteiger partial charge in [-0.25, -0.2) is 0 Å². The molecule has 0 saturated heterocycles. The number of carbonyl (C=O) groups is 2. The van der Waals surface area contributed by atoms with E-state index in [1.165, 1.54) is 18.3 Å². The monoisotopic (exact) mass is 398 g/mol. The molecule has 0 bridgehead atoms. The van der Waals surface area contributed by atoms with Crippen LogP contribution < -0.4 is 10.6 Å². The van der Waals surface area contributed by atoms with Gasteiger partial charge < -0.3 is 10.6 Å². The van der Waals surface area contributed by atoms with Crippen molar-refractivity contribution in [3.8, 4) is 6.07 Å². The summed E-state index contributed by atoms with van der Waals surface area (Å²) in [5, 5.41) is 14.8. The molecular formula is C24H22N4O2. The summed E-state index contributed by atoms with van der Waals surface area (Å²) in [7, 11) is 0. The minimum Gasteiger partial charge on any atom is -0.321 e. The Morgan fingerprint density at radius 3 is 2.23 bits per heavy atom. The molecule has 1 aromatic heterocycles. The minimum absolute atomic E-state index is 0.125. The molecule has 0 saturated carbocycles. The van der Waals surface area contributed by atoms with Gasteiger partial charge in [0, 0.05) is 17.4 Å².